The molecule has 92 valence electrons. The average Bonchev–Trinajstić information content (AvgIpc) is 2.24. The molecule has 0 saturated heterocycles. The molecule has 0 aromatic heterocycles. The van der Waals surface area contributed by atoms with Crippen molar-refractivity contribution in [3.05, 3.63) is 35.1 Å². The van der Waals surface area contributed by atoms with E-state index < -0.39 is 41.4 Å². The molecule has 0 atom stereocenters. The summed E-state index contributed by atoms with van der Waals surface area (Å²) in [6, 6.07) is 1.43. The van der Waals surface area contributed by atoms with E-state index in [1.165, 1.54) is 7.05 Å². The molecule has 2 amide bonds. The Morgan fingerprint density at radius 3 is 2.35 bits per heavy atom. The first-order valence-corrected chi connectivity index (χ1v) is 4.52. The van der Waals surface area contributed by atoms with E-state index in [1.54, 1.807) is 0 Å². The molecule has 0 radical (unpaired) electrons. The number of nitrogens with zero attached hydrogens (tertiary/aromatic N) is 1. The van der Waals surface area contributed by atoms with Crippen LogP contribution in [0.2, 0.25) is 0 Å². The van der Waals surface area contributed by atoms with Gasteiger partial charge in [-0.1, -0.05) is 0 Å². The molecule has 0 aliphatic rings. The highest BCUT2D eigenvalue weighted by Crippen LogP contribution is 2.16. The Kier molecular flexibility index (Phi) is 3.72. The van der Waals surface area contributed by atoms with Gasteiger partial charge in [0.2, 0.25) is 5.91 Å². The van der Waals surface area contributed by atoms with Gasteiger partial charge in [-0.2, -0.15) is 0 Å². The van der Waals surface area contributed by atoms with Gasteiger partial charge in [-0.3, -0.25) is 9.59 Å². The summed E-state index contributed by atoms with van der Waals surface area (Å²) in [7, 11) is 1.19. The van der Waals surface area contributed by atoms with Crippen molar-refractivity contribution in [1.29, 1.82) is 0 Å². The zero-order valence-corrected chi connectivity index (χ0v) is 8.84. The molecule has 0 aliphatic carbocycles. The third-order valence-corrected chi connectivity index (χ3v) is 2.01. The predicted molar refractivity (Wildman–Crippen MR) is 52.5 cm³/mol. The molecule has 2 N–H and O–H groups in total. The van der Waals surface area contributed by atoms with Crippen molar-refractivity contribution < 1.29 is 22.8 Å². The second kappa shape index (κ2) is 4.86. The van der Waals surface area contributed by atoms with Crippen LogP contribution in [0.15, 0.2) is 12.1 Å². The van der Waals surface area contributed by atoms with Crippen LogP contribution in [0.5, 0.6) is 0 Å². The Morgan fingerprint density at radius 2 is 1.82 bits per heavy atom. The van der Waals surface area contributed by atoms with E-state index in [0.29, 0.717) is 6.07 Å². The third kappa shape index (κ3) is 2.74. The van der Waals surface area contributed by atoms with Crippen molar-refractivity contribution in [2.24, 2.45) is 5.73 Å². The van der Waals surface area contributed by atoms with Crippen LogP contribution in [0.3, 0.4) is 0 Å². The molecule has 4 nitrogen and oxygen atoms in total. The Balaban J connectivity index is 3.05. The normalized spacial score (nSPS) is 10.1. The predicted octanol–water partition coefficient (Wildman–Crippen LogP) is 0.661. The highest BCUT2D eigenvalue weighted by Gasteiger charge is 2.21. The number of nitrogens with two attached hydrogens (primary N) is 1. The second-order valence-electron chi connectivity index (χ2n) is 3.35. The van der Waals surface area contributed by atoms with Crippen LogP contribution in [0.4, 0.5) is 13.2 Å². The first kappa shape index (κ1) is 13.0. The van der Waals surface area contributed by atoms with Gasteiger partial charge in [0.1, 0.15) is 0 Å². The van der Waals surface area contributed by atoms with E-state index in [-0.39, 0.29) is 0 Å². The van der Waals surface area contributed by atoms with Gasteiger partial charge in [0.05, 0.1) is 12.1 Å². The van der Waals surface area contributed by atoms with E-state index in [9.17, 15) is 22.8 Å². The van der Waals surface area contributed by atoms with E-state index in [0.717, 1.165) is 11.0 Å². The maximum absolute atomic E-state index is 13.2. The van der Waals surface area contributed by atoms with Crippen LogP contribution in [0.25, 0.3) is 0 Å². The van der Waals surface area contributed by atoms with Crippen molar-refractivity contribution in [3.63, 3.8) is 0 Å². The number of rotatable bonds is 3. The van der Waals surface area contributed by atoms with Crippen LogP contribution in [-0.2, 0) is 4.79 Å². The van der Waals surface area contributed by atoms with Crippen LogP contribution < -0.4 is 5.73 Å². The lowest BCUT2D eigenvalue weighted by Gasteiger charge is -2.15. The zero-order valence-electron chi connectivity index (χ0n) is 8.84. The van der Waals surface area contributed by atoms with Gasteiger partial charge in [-0.15, -0.1) is 0 Å². The number of benzene rings is 1. The second-order valence-corrected chi connectivity index (χ2v) is 3.35. The highest BCUT2D eigenvalue weighted by molar-refractivity contribution is 5.96. The first-order valence-electron chi connectivity index (χ1n) is 4.52. The smallest absolute Gasteiger partial charge is 0.257 e. The quantitative estimate of drug-likeness (QED) is 0.796. The molecular weight excluding hydrogens is 237 g/mol. The molecule has 0 fully saturated rings. The molecule has 1 aromatic carbocycles. The number of primary amides is 1. The summed E-state index contributed by atoms with van der Waals surface area (Å²) in [5.41, 5.74) is 4.18. The Hall–Kier alpha value is -2.05. The molecule has 0 aliphatic heterocycles. The summed E-state index contributed by atoms with van der Waals surface area (Å²) < 4.78 is 38.7. The standard InChI is InChI=1S/C10H9F3N2O2/c1-15(4-7(14)16)10(17)5-2-3-6(11)9(13)8(5)12/h2-3H,4H2,1H3,(H2,14,16). The van der Waals surface area contributed by atoms with Crippen LogP contribution in [-0.4, -0.2) is 30.3 Å². The van der Waals surface area contributed by atoms with Crippen LogP contribution in [0.1, 0.15) is 10.4 Å². The molecule has 0 heterocycles. The van der Waals surface area contributed by atoms with Crippen molar-refractivity contribution in [1.82, 2.24) is 4.90 Å². The number of likely N-dealkylation sites (N-methyl/N-ethyl adjacent to an activating group) is 1. The van der Waals surface area contributed by atoms with E-state index >= 15 is 0 Å². The maximum Gasteiger partial charge on any atom is 0.257 e. The van der Waals surface area contributed by atoms with Gasteiger partial charge < -0.3 is 10.6 Å². The van der Waals surface area contributed by atoms with Gasteiger partial charge in [-0.05, 0) is 12.1 Å². The number of carbonyl (C=O) groups excluding carboxylic acids is 2. The fraction of sp³-hybridized carbons (Fsp3) is 0.200. The molecule has 7 heteroatoms. The lowest BCUT2D eigenvalue weighted by molar-refractivity contribution is -0.118. The minimum atomic E-state index is -1.73. The van der Waals surface area contributed by atoms with Crippen LogP contribution >= 0.6 is 0 Å². The summed E-state index contributed by atoms with van der Waals surface area (Å²) in [6.07, 6.45) is 0. The minimum absolute atomic E-state index is 0.447. The largest absolute Gasteiger partial charge is 0.368 e. The lowest BCUT2D eigenvalue weighted by atomic mass is 10.1. The first-order chi connectivity index (χ1) is 7.84. The average molecular weight is 246 g/mol. The van der Waals surface area contributed by atoms with Crippen molar-refractivity contribution >= 4 is 11.8 Å². The number of carbonyl (C=O) groups is 2. The molecule has 0 unspecified atom stereocenters. The monoisotopic (exact) mass is 246 g/mol. The van der Waals surface area contributed by atoms with Gasteiger partial charge in [0.25, 0.3) is 5.91 Å². The molecule has 0 bridgehead atoms. The van der Waals surface area contributed by atoms with Crippen molar-refractivity contribution in [3.8, 4) is 0 Å². The van der Waals surface area contributed by atoms with Crippen molar-refractivity contribution in [2.45, 2.75) is 0 Å². The Labute approximate surface area is 94.8 Å². The Bertz CT molecular complexity index is 477. The number of halogens is 3. The van der Waals surface area contributed by atoms with Gasteiger partial charge >= 0.3 is 0 Å². The highest BCUT2D eigenvalue weighted by atomic mass is 19.2. The maximum atomic E-state index is 13.2. The van der Waals surface area contributed by atoms with E-state index in [1.807, 2.05) is 0 Å². The zero-order chi connectivity index (χ0) is 13.2. The molecule has 0 saturated carbocycles. The SMILES string of the molecule is CN(CC(N)=O)C(=O)c1ccc(F)c(F)c1F. The summed E-state index contributed by atoms with van der Waals surface area (Å²) >= 11 is 0. The minimum Gasteiger partial charge on any atom is -0.368 e. The fourth-order valence-electron chi connectivity index (χ4n) is 1.20. The number of hydrogen-bond acceptors (Lipinski definition) is 2. The summed E-state index contributed by atoms with van der Waals surface area (Å²) in [6.45, 7) is -0.447. The molecule has 1 aromatic rings. The molecule has 1 rings (SSSR count). The third-order valence-electron chi connectivity index (χ3n) is 2.01. The fourth-order valence-corrected chi connectivity index (χ4v) is 1.20. The summed E-state index contributed by atoms with van der Waals surface area (Å²) in [5, 5.41) is 0. The van der Waals surface area contributed by atoms with Gasteiger partial charge in [0.15, 0.2) is 17.5 Å². The van der Waals surface area contributed by atoms with Crippen molar-refractivity contribution in [2.75, 3.05) is 13.6 Å². The van der Waals surface area contributed by atoms with E-state index in [2.05, 4.69) is 0 Å². The molecule has 17 heavy (non-hydrogen) atoms. The van der Waals surface area contributed by atoms with Gasteiger partial charge in [-0.25, -0.2) is 13.2 Å². The summed E-state index contributed by atoms with van der Waals surface area (Å²) in [4.78, 5) is 22.9. The lowest BCUT2D eigenvalue weighted by Crippen LogP contribution is -2.35. The molecular formula is C10H9F3N2O2. The Morgan fingerprint density at radius 1 is 1.24 bits per heavy atom. The van der Waals surface area contributed by atoms with Gasteiger partial charge in [0, 0.05) is 7.05 Å². The number of amides is 2. The van der Waals surface area contributed by atoms with E-state index in [4.69, 9.17) is 5.73 Å². The molecule has 0 spiro atoms. The topological polar surface area (TPSA) is 63.4 Å². The number of hydrogen-bond donors (Lipinski definition) is 1. The van der Waals surface area contributed by atoms with Crippen LogP contribution in [0, 0.1) is 17.5 Å². The summed E-state index contributed by atoms with van der Waals surface area (Å²) in [5.74, 6) is -6.48.